The van der Waals surface area contributed by atoms with E-state index in [9.17, 15) is 0 Å². The van der Waals surface area contributed by atoms with Crippen LogP contribution in [0.5, 0.6) is 0 Å². The molecule has 0 aromatic carbocycles. The third kappa shape index (κ3) is 4.37. The van der Waals surface area contributed by atoms with E-state index in [1.54, 1.807) is 6.20 Å². The van der Waals surface area contributed by atoms with Gasteiger partial charge in [-0.1, -0.05) is 0 Å². The van der Waals surface area contributed by atoms with Gasteiger partial charge in [0.25, 0.3) is 0 Å². The minimum atomic E-state index is 0. The lowest BCUT2D eigenvalue weighted by Crippen LogP contribution is -2.35. The van der Waals surface area contributed by atoms with E-state index in [-0.39, 0.29) is 24.8 Å². The summed E-state index contributed by atoms with van der Waals surface area (Å²) in [4.78, 5) is 13.5. The Balaban J connectivity index is 0.00000104. The van der Waals surface area contributed by atoms with Crippen molar-refractivity contribution in [3.05, 3.63) is 36.3 Å². The Morgan fingerprint density at radius 3 is 2.58 bits per heavy atom. The molecule has 2 aliphatic carbocycles. The number of nitrogens with one attached hydrogen (secondary N) is 1. The third-order valence-electron chi connectivity index (χ3n) is 4.53. The van der Waals surface area contributed by atoms with Gasteiger partial charge in [0.05, 0.1) is 6.33 Å². The van der Waals surface area contributed by atoms with Gasteiger partial charge in [-0.05, 0) is 25.7 Å². The lowest BCUT2D eigenvalue weighted by Gasteiger charge is -2.32. The molecular formula is C16H24Cl2N6. The van der Waals surface area contributed by atoms with Gasteiger partial charge in [-0.3, -0.25) is 0 Å². The second kappa shape index (κ2) is 8.14. The highest BCUT2D eigenvalue weighted by Crippen LogP contribution is 2.41. The van der Waals surface area contributed by atoms with Gasteiger partial charge < -0.3 is 15.6 Å². The van der Waals surface area contributed by atoms with Crippen LogP contribution in [0.2, 0.25) is 0 Å². The van der Waals surface area contributed by atoms with Crippen molar-refractivity contribution in [3.63, 3.8) is 0 Å². The zero-order valence-corrected chi connectivity index (χ0v) is 15.1. The average Bonchev–Trinajstić information content (AvgIpc) is 3.22. The molecule has 24 heavy (non-hydrogen) atoms. The van der Waals surface area contributed by atoms with Gasteiger partial charge in [0.2, 0.25) is 0 Å². The van der Waals surface area contributed by atoms with Crippen molar-refractivity contribution < 1.29 is 0 Å². The van der Waals surface area contributed by atoms with Crippen molar-refractivity contribution in [3.8, 4) is 0 Å². The van der Waals surface area contributed by atoms with Gasteiger partial charge in [0.15, 0.2) is 0 Å². The largest absolute Gasteiger partial charge is 0.368 e. The summed E-state index contributed by atoms with van der Waals surface area (Å²) in [6, 6.07) is 2.46. The van der Waals surface area contributed by atoms with Crippen LogP contribution >= 0.6 is 24.8 Å². The van der Waals surface area contributed by atoms with Crippen LogP contribution in [0, 0.1) is 0 Å². The van der Waals surface area contributed by atoms with E-state index in [1.807, 2.05) is 12.5 Å². The number of nitrogens with zero attached hydrogens (tertiary/aromatic N) is 4. The van der Waals surface area contributed by atoms with Gasteiger partial charge in [-0.2, -0.15) is 0 Å². The minimum absolute atomic E-state index is 0. The first-order valence-corrected chi connectivity index (χ1v) is 8.12. The summed E-state index contributed by atoms with van der Waals surface area (Å²) in [7, 11) is 0. The third-order valence-corrected chi connectivity index (χ3v) is 4.53. The highest BCUT2D eigenvalue weighted by atomic mass is 35.5. The van der Waals surface area contributed by atoms with E-state index in [2.05, 4.69) is 20.9 Å². The fourth-order valence-corrected chi connectivity index (χ4v) is 2.94. The van der Waals surface area contributed by atoms with Crippen LogP contribution in [0.25, 0.3) is 0 Å². The summed E-state index contributed by atoms with van der Waals surface area (Å²) >= 11 is 0. The van der Waals surface area contributed by atoms with Crippen LogP contribution < -0.4 is 11.1 Å². The normalized spacial score (nSPS) is 22.0. The zero-order chi connectivity index (χ0) is 14.9. The molecule has 132 valence electrons. The molecule has 6 nitrogen and oxygen atoms in total. The Morgan fingerprint density at radius 2 is 1.96 bits per heavy atom. The van der Waals surface area contributed by atoms with Gasteiger partial charge in [0.1, 0.15) is 11.6 Å². The second-order valence-corrected chi connectivity index (χ2v) is 6.47. The molecule has 2 aromatic heterocycles. The molecule has 2 fully saturated rings. The molecule has 4 rings (SSSR count). The molecule has 2 heterocycles. The van der Waals surface area contributed by atoms with Gasteiger partial charge in [-0.15, -0.1) is 24.8 Å². The molecule has 8 heteroatoms. The molecule has 0 bridgehead atoms. The predicted octanol–water partition coefficient (Wildman–Crippen LogP) is 2.71. The summed E-state index contributed by atoms with van der Waals surface area (Å²) in [6.45, 7) is 1.72. The van der Waals surface area contributed by atoms with Crippen LogP contribution in [-0.4, -0.2) is 32.1 Å². The first-order valence-electron chi connectivity index (χ1n) is 8.12. The summed E-state index contributed by atoms with van der Waals surface area (Å²) in [6.07, 6.45) is 10.2. The molecule has 0 amide bonds. The van der Waals surface area contributed by atoms with E-state index < -0.39 is 0 Å². The Bertz CT molecular complexity index is 638. The summed E-state index contributed by atoms with van der Waals surface area (Å²) < 4.78 is 2.06. The fourth-order valence-electron chi connectivity index (χ4n) is 2.94. The summed E-state index contributed by atoms with van der Waals surface area (Å²) in [5.74, 6) is 3.06. The number of anilines is 1. The van der Waals surface area contributed by atoms with Gasteiger partial charge in [0, 0.05) is 55.1 Å². The quantitative estimate of drug-likeness (QED) is 0.816. The number of hydrogen-bond donors (Lipinski definition) is 2. The van der Waals surface area contributed by atoms with Crippen LogP contribution in [0.4, 0.5) is 5.82 Å². The standard InChI is InChI=1S/C16H22N6.2ClH/c17-13-7-12(8-13)14-9-15(21-16(20-14)11-1-2-11)19-4-6-22-5-3-18-10-22;;/h3,5,9-13H,1-2,4,6-8,17H2,(H,19,20,21);2*1H. The SMILES string of the molecule is Cl.Cl.NC1CC(c2cc(NCCn3ccnc3)nc(C3CC3)n2)C1. The Morgan fingerprint density at radius 1 is 1.17 bits per heavy atom. The van der Waals surface area contributed by atoms with E-state index in [4.69, 9.17) is 15.7 Å². The Kier molecular flexibility index (Phi) is 6.43. The lowest BCUT2D eigenvalue weighted by atomic mass is 9.78. The molecule has 0 atom stereocenters. The van der Waals surface area contributed by atoms with E-state index in [1.165, 1.54) is 18.5 Å². The van der Waals surface area contributed by atoms with Crippen molar-refractivity contribution in [2.45, 2.75) is 50.1 Å². The van der Waals surface area contributed by atoms with Crippen molar-refractivity contribution in [2.24, 2.45) is 5.73 Å². The van der Waals surface area contributed by atoms with Crippen LogP contribution in [0.3, 0.4) is 0 Å². The molecule has 0 aliphatic heterocycles. The summed E-state index contributed by atoms with van der Waals surface area (Å²) in [5, 5.41) is 3.43. The molecule has 3 N–H and O–H groups in total. The van der Waals surface area contributed by atoms with E-state index in [0.717, 1.165) is 37.6 Å². The smallest absolute Gasteiger partial charge is 0.134 e. The first-order chi connectivity index (χ1) is 10.8. The number of nitrogens with two attached hydrogens (primary N) is 1. The Hall–Kier alpha value is -1.37. The maximum Gasteiger partial charge on any atom is 0.134 e. The number of aromatic nitrogens is 4. The van der Waals surface area contributed by atoms with Gasteiger partial charge >= 0.3 is 0 Å². The molecule has 0 saturated heterocycles. The monoisotopic (exact) mass is 370 g/mol. The van der Waals surface area contributed by atoms with Crippen molar-refractivity contribution in [1.29, 1.82) is 0 Å². The molecule has 0 radical (unpaired) electrons. The average molecular weight is 371 g/mol. The Labute approximate surface area is 154 Å². The molecule has 0 unspecified atom stereocenters. The maximum absolute atomic E-state index is 5.92. The van der Waals surface area contributed by atoms with Crippen LogP contribution in [-0.2, 0) is 6.54 Å². The van der Waals surface area contributed by atoms with E-state index >= 15 is 0 Å². The zero-order valence-electron chi connectivity index (χ0n) is 13.5. The van der Waals surface area contributed by atoms with Crippen molar-refractivity contribution >= 4 is 30.6 Å². The number of hydrogen-bond acceptors (Lipinski definition) is 5. The topological polar surface area (TPSA) is 81.6 Å². The minimum Gasteiger partial charge on any atom is -0.368 e. The second-order valence-electron chi connectivity index (χ2n) is 6.47. The van der Waals surface area contributed by atoms with Crippen molar-refractivity contribution in [1.82, 2.24) is 19.5 Å². The highest BCUT2D eigenvalue weighted by molar-refractivity contribution is 5.85. The fraction of sp³-hybridized carbons (Fsp3) is 0.562. The summed E-state index contributed by atoms with van der Waals surface area (Å²) in [5.41, 5.74) is 7.09. The molecule has 2 aliphatic rings. The molecule has 2 saturated carbocycles. The molecular weight excluding hydrogens is 347 g/mol. The van der Waals surface area contributed by atoms with Crippen molar-refractivity contribution in [2.75, 3.05) is 11.9 Å². The van der Waals surface area contributed by atoms with Gasteiger partial charge in [-0.25, -0.2) is 15.0 Å². The highest BCUT2D eigenvalue weighted by Gasteiger charge is 2.32. The lowest BCUT2D eigenvalue weighted by molar-refractivity contribution is 0.344. The number of imidazole rings is 1. The van der Waals surface area contributed by atoms with Crippen LogP contribution in [0.15, 0.2) is 24.8 Å². The number of rotatable bonds is 6. The first kappa shape index (κ1) is 19.0. The maximum atomic E-state index is 5.92. The number of halogens is 2. The molecule has 2 aromatic rings. The van der Waals surface area contributed by atoms with E-state index in [0.29, 0.717) is 17.9 Å². The molecule has 0 spiro atoms. The predicted molar refractivity (Wildman–Crippen MR) is 99.2 cm³/mol. The van der Waals surface area contributed by atoms with Crippen LogP contribution in [0.1, 0.15) is 49.0 Å².